The third kappa shape index (κ3) is 5.13. The molecule has 0 aliphatic carbocycles. The van der Waals surface area contributed by atoms with Crippen LogP contribution in [0.1, 0.15) is 11.1 Å². The zero-order valence-electron chi connectivity index (χ0n) is 12.0. The first-order valence-corrected chi connectivity index (χ1v) is 7.58. The van der Waals surface area contributed by atoms with Crippen molar-refractivity contribution in [2.75, 3.05) is 7.11 Å². The van der Waals surface area contributed by atoms with E-state index in [0.717, 1.165) is 11.1 Å². The van der Waals surface area contributed by atoms with E-state index >= 15 is 0 Å². The molecule has 0 atom stereocenters. The Morgan fingerprint density at radius 1 is 1.04 bits per heavy atom. The van der Waals surface area contributed by atoms with E-state index in [2.05, 4.69) is 4.98 Å². The van der Waals surface area contributed by atoms with Crippen molar-refractivity contribution in [1.82, 2.24) is 4.98 Å². The summed E-state index contributed by atoms with van der Waals surface area (Å²) < 4.78 is 8.08. The minimum absolute atomic E-state index is 0.171. The molecule has 0 bridgehead atoms. The van der Waals surface area contributed by atoms with Gasteiger partial charge in [-0.3, -0.25) is 4.98 Å². The number of hydrogen-bond acceptors (Lipinski definition) is 4. The molecule has 0 radical (unpaired) electrons. The van der Waals surface area contributed by atoms with Crippen molar-refractivity contribution >= 4 is 52.9 Å². The highest BCUT2D eigenvalue weighted by molar-refractivity contribution is 6.75. The number of carbonyl (C=O) groups is 1. The minimum Gasteiger partial charge on any atom is -0.493 e. The van der Waals surface area contributed by atoms with Crippen LogP contribution in [0.5, 0.6) is 11.5 Å². The normalized spacial score (nSPS) is 11.5. The number of pyridine rings is 1. The Hall–Kier alpha value is -1.75. The summed E-state index contributed by atoms with van der Waals surface area (Å²) in [6, 6.07) is 8.79. The lowest BCUT2D eigenvalue weighted by Gasteiger charge is -2.13. The van der Waals surface area contributed by atoms with E-state index in [1.54, 1.807) is 30.6 Å². The Kier molecular flexibility index (Phi) is 5.88. The molecule has 1 aromatic heterocycles. The maximum atomic E-state index is 11.6. The molecule has 0 amide bonds. The second kappa shape index (κ2) is 7.68. The van der Waals surface area contributed by atoms with Gasteiger partial charge in [-0.25, -0.2) is 4.79 Å². The quantitative estimate of drug-likeness (QED) is 0.449. The predicted molar refractivity (Wildman–Crippen MR) is 92.1 cm³/mol. The van der Waals surface area contributed by atoms with Gasteiger partial charge in [0.15, 0.2) is 11.5 Å². The highest BCUT2D eigenvalue weighted by atomic mass is 35.6. The van der Waals surface area contributed by atoms with E-state index in [9.17, 15) is 4.79 Å². The van der Waals surface area contributed by atoms with Crippen LogP contribution in [0, 0.1) is 0 Å². The summed E-state index contributed by atoms with van der Waals surface area (Å²) in [5.74, 6) is -0.477. The number of aromatic nitrogens is 1. The van der Waals surface area contributed by atoms with Gasteiger partial charge in [0.2, 0.25) is 0 Å². The first-order valence-electron chi connectivity index (χ1n) is 6.45. The number of halogens is 3. The zero-order chi connectivity index (χ0) is 16.9. The molecule has 1 heterocycles. The summed E-state index contributed by atoms with van der Waals surface area (Å²) in [5, 5.41) is 0. The standard InChI is InChI=1S/C16H12Cl3NO3/c1-22-14-10-12(3-2-11-6-8-20-9-7-11)4-5-13(14)23-15(21)16(17,18)19/h2-10H,1H3/b3-2+. The van der Waals surface area contributed by atoms with Gasteiger partial charge in [0, 0.05) is 12.4 Å². The van der Waals surface area contributed by atoms with Crippen LogP contribution >= 0.6 is 34.8 Å². The fourth-order valence-corrected chi connectivity index (χ4v) is 1.81. The molecule has 0 aliphatic heterocycles. The predicted octanol–water partition coefficient (Wildman–Crippen LogP) is 4.54. The Bertz CT molecular complexity index is 712. The molecule has 0 spiro atoms. The average molecular weight is 373 g/mol. The number of nitrogens with zero attached hydrogens (tertiary/aromatic N) is 1. The molecule has 0 saturated carbocycles. The monoisotopic (exact) mass is 371 g/mol. The van der Waals surface area contributed by atoms with Gasteiger partial charge in [-0.05, 0) is 35.4 Å². The van der Waals surface area contributed by atoms with Crippen LogP contribution in [0.3, 0.4) is 0 Å². The molecule has 1 aromatic carbocycles. The van der Waals surface area contributed by atoms with Crippen molar-refractivity contribution < 1.29 is 14.3 Å². The van der Waals surface area contributed by atoms with E-state index in [4.69, 9.17) is 44.3 Å². The lowest BCUT2D eigenvalue weighted by atomic mass is 10.1. The number of alkyl halides is 3. The summed E-state index contributed by atoms with van der Waals surface area (Å²) in [6.45, 7) is 0. The molecule has 7 heteroatoms. The Morgan fingerprint density at radius 2 is 1.70 bits per heavy atom. The second-order valence-corrected chi connectivity index (χ2v) is 6.69. The molecular formula is C16H12Cl3NO3. The van der Waals surface area contributed by atoms with Crippen molar-refractivity contribution in [1.29, 1.82) is 0 Å². The molecule has 0 saturated heterocycles. The summed E-state index contributed by atoms with van der Waals surface area (Å²) >= 11 is 16.4. The van der Waals surface area contributed by atoms with Gasteiger partial charge >= 0.3 is 5.97 Å². The Labute approximate surface area is 148 Å². The van der Waals surface area contributed by atoms with Crippen molar-refractivity contribution in [2.24, 2.45) is 0 Å². The molecule has 0 aliphatic rings. The third-order valence-corrected chi connectivity index (χ3v) is 3.26. The van der Waals surface area contributed by atoms with Crippen LogP contribution < -0.4 is 9.47 Å². The summed E-state index contributed by atoms with van der Waals surface area (Å²) in [4.78, 5) is 15.6. The molecule has 2 rings (SSSR count). The number of rotatable bonds is 4. The van der Waals surface area contributed by atoms with Gasteiger partial charge < -0.3 is 9.47 Å². The lowest BCUT2D eigenvalue weighted by Crippen LogP contribution is -2.24. The number of hydrogen-bond donors (Lipinski definition) is 0. The van der Waals surface area contributed by atoms with Crippen LogP contribution in [0.4, 0.5) is 0 Å². The van der Waals surface area contributed by atoms with Crippen molar-refractivity contribution in [3.8, 4) is 11.5 Å². The lowest BCUT2D eigenvalue weighted by molar-refractivity contribution is -0.133. The van der Waals surface area contributed by atoms with E-state index in [1.165, 1.54) is 7.11 Å². The van der Waals surface area contributed by atoms with Crippen LogP contribution in [0.2, 0.25) is 0 Å². The maximum Gasteiger partial charge on any atom is 0.364 e. The van der Waals surface area contributed by atoms with Gasteiger partial charge in [0.25, 0.3) is 3.79 Å². The highest BCUT2D eigenvalue weighted by Gasteiger charge is 2.33. The number of benzene rings is 1. The smallest absolute Gasteiger partial charge is 0.364 e. The molecule has 4 nitrogen and oxygen atoms in total. The van der Waals surface area contributed by atoms with E-state index in [-0.39, 0.29) is 5.75 Å². The van der Waals surface area contributed by atoms with Crippen LogP contribution in [0.15, 0.2) is 42.7 Å². The summed E-state index contributed by atoms with van der Waals surface area (Å²) in [7, 11) is 1.46. The number of carbonyl (C=O) groups excluding carboxylic acids is 1. The number of methoxy groups -OCH3 is 1. The fourth-order valence-electron chi connectivity index (χ4n) is 1.70. The summed E-state index contributed by atoms with van der Waals surface area (Å²) in [6.07, 6.45) is 7.22. The summed E-state index contributed by atoms with van der Waals surface area (Å²) in [5.41, 5.74) is 1.86. The molecule has 120 valence electrons. The van der Waals surface area contributed by atoms with Crippen LogP contribution in [-0.4, -0.2) is 21.9 Å². The zero-order valence-corrected chi connectivity index (χ0v) is 14.3. The first-order chi connectivity index (χ1) is 10.9. The fraction of sp³-hybridized carbons (Fsp3) is 0.125. The van der Waals surface area contributed by atoms with Crippen molar-refractivity contribution in [2.45, 2.75) is 3.79 Å². The number of esters is 1. The highest BCUT2D eigenvalue weighted by Crippen LogP contribution is 2.33. The largest absolute Gasteiger partial charge is 0.493 e. The van der Waals surface area contributed by atoms with Crippen molar-refractivity contribution in [3.05, 3.63) is 53.9 Å². The Balaban J connectivity index is 2.19. The maximum absolute atomic E-state index is 11.6. The van der Waals surface area contributed by atoms with Crippen LogP contribution in [-0.2, 0) is 4.79 Å². The Morgan fingerprint density at radius 3 is 2.30 bits per heavy atom. The van der Waals surface area contributed by atoms with E-state index in [1.807, 2.05) is 24.3 Å². The van der Waals surface area contributed by atoms with Gasteiger partial charge in [-0.1, -0.05) is 53.0 Å². The van der Waals surface area contributed by atoms with Gasteiger partial charge in [-0.2, -0.15) is 0 Å². The molecule has 2 aromatic rings. The number of ether oxygens (including phenoxy) is 2. The molecule has 0 unspecified atom stereocenters. The van der Waals surface area contributed by atoms with Crippen molar-refractivity contribution in [3.63, 3.8) is 0 Å². The first kappa shape index (κ1) is 17.6. The molecular weight excluding hydrogens is 361 g/mol. The topological polar surface area (TPSA) is 48.4 Å². The van der Waals surface area contributed by atoms with Crippen LogP contribution in [0.25, 0.3) is 12.2 Å². The van der Waals surface area contributed by atoms with E-state index < -0.39 is 9.76 Å². The average Bonchev–Trinajstić information content (AvgIpc) is 2.54. The third-order valence-electron chi connectivity index (χ3n) is 2.80. The van der Waals surface area contributed by atoms with Gasteiger partial charge in [-0.15, -0.1) is 0 Å². The van der Waals surface area contributed by atoms with Gasteiger partial charge in [0.1, 0.15) is 0 Å². The minimum atomic E-state index is -2.15. The second-order valence-electron chi connectivity index (χ2n) is 4.41. The van der Waals surface area contributed by atoms with Gasteiger partial charge in [0.05, 0.1) is 7.11 Å². The molecule has 23 heavy (non-hydrogen) atoms. The molecule has 0 N–H and O–H groups in total. The molecule has 0 fully saturated rings. The SMILES string of the molecule is COc1cc(/C=C/c2ccncc2)ccc1OC(=O)C(Cl)(Cl)Cl. The van der Waals surface area contributed by atoms with E-state index in [0.29, 0.717) is 5.75 Å².